The molecule has 2 fully saturated rings. The number of carboxylic acids is 1. The van der Waals surface area contributed by atoms with Gasteiger partial charge in [0.05, 0.1) is 18.6 Å². The van der Waals surface area contributed by atoms with Crippen LogP contribution in [0.4, 0.5) is 0 Å². The maximum absolute atomic E-state index is 11.0. The molecular weight excluding hydrogens is 276 g/mol. The van der Waals surface area contributed by atoms with Gasteiger partial charge in [-0.3, -0.25) is 4.79 Å². The van der Waals surface area contributed by atoms with Crippen molar-refractivity contribution in [2.75, 3.05) is 6.61 Å². The maximum Gasteiger partial charge on any atom is 0.303 e. The highest BCUT2D eigenvalue weighted by Crippen LogP contribution is 2.40. The van der Waals surface area contributed by atoms with E-state index in [0.29, 0.717) is 25.9 Å². The molecule has 0 radical (unpaired) electrons. The summed E-state index contributed by atoms with van der Waals surface area (Å²) in [5.74, 6) is -1.38. The summed E-state index contributed by atoms with van der Waals surface area (Å²) in [7, 11) is 0. The number of aldehydes is 1. The Morgan fingerprint density at radius 2 is 2.14 bits per heavy atom. The monoisotopic (exact) mass is 300 g/mol. The zero-order valence-corrected chi connectivity index (χ0v) is 12.1. The number of carboxylic acid groups (broad SMARTS) is 1. The standard InChI is InChI=1S/C15H24O6/c16-6-3-4-10-11(8-14(18)19)12(17)9-13(10)21-15-5-1-2-7-20-15/h6,10-13,15,17H,1-5,7-9H2,(H,18,19)/t10-,11-,12+,13-,15?/m0/s1. The van der Waals surface area contributed by atoms with Gasteiger partial charge in [0.15, 0.2) is 6.29 Å². The highest BCUT2D eigenvalue weighted by atomic mass is 16.7. The third-order valence-electron chi connectivity index (χ3n) is 4.49. The second kappa shape index (κ2) is 7.87. The van der Waals surface area contributed by atoms with Crippen molar-refractivity contribution >= 4 is 12.3 Å². The van der Waals surface area contributed by atoms with E-state index >= 15 is 0 Å². The molecule has 6 nitrogen and oxygen atoms in total. The van der Waals surface area contributed by atoms with Gasteiger partial charge in [-0.05, 0) is 31.6 Å². The van der Waals surface area contributed by atoms with E-state index in [2.05, 4.69) is 0 Å². The number of aliphatic hydroxyl groups is 1. The second-order valence-electron chi connectivity index (χ2n) is 5.94. The fourth-order valence-corrected chi connectivity index (χ4v) is 3.47. The molecule has 1 saturated carbocycles. The van der Waals surface area contributed by atoms with Crippen molar-refractivity contribution in [3.8, 4) is 0 Å². The van der Waals surface area contributed by atoms with Crippen molar-refractivity contribution in [1.29, 1.82) is 0 Å². The van der Waals surface area contributed by atoms with Crippen LogP contribution in [0.25, 0.3) is 0 Å². The van der Waals surface area contributed by atoms with E-state index in [0.717, 1.165) is 25.5 Å². The molecule has 0 spiro atoms. The first-order valence-corrected chi connectivity index (χ1v) is 7.72. The minimum absolute atomic E-state index is 0.0872. The van der Waals surface area contributed by atoms with E-state index in [1.807, 2.05) is 0 Å². The van der Waals surface area contributed by atoms with Gasteiger partial charge >= 0.3 is 5.97 Å². The Kier molecular flexibility index (Phi) is 6.14. The molecule has 5 atom stereocenters. The predicted octanol–water partition coefficient (Wildman–Crippen LogP) is 1.35. The number of aliphatic hydroxyl groups excluding tert-OH is 1. The quantitative estimate of drug-likeness (QED) is 0.689. The van der Waals surface area contributed by atoms with Crippen LogP contribution in [0.5, 0.6) is 0 Å². The summed E-state index contributed by atoms with van der Waals surface area (Å²) in [5, 5.41) is 19.1. The SMILES string of the molecule is O=CCC[C@H]1[C@H](CC(=O)O)[C@H](O)C[C@@H]1OC1CCCCO1. The van der Waals surface area contributed by atoms with Gasteiger partial charge in [0, 0.05) is 25.4 Å². The molecule has 2 aliphatic rings. The van der Waals surface area contributed by atoms with Gasteiger partial charge in [-0.15, -0.1) is 0 Å². The van der Waals surface area contributed by atoms with Crippen molar-refractivity contribution in [1.82, 2.24) is 0 Å². The second-order valence-corrected chi connectivity index (χ2v) is 5.94. The molecule has 1 aliphatic carbocycles. The van der Waals surface area contributed by atoms with Gasteiger partial charge in [-0.25, -0.2) is 0 Å². The van der Waals surface area contributed by atoms with Crippen LogP contribution in [0.2, 0.25) is 0 Å². The molecule has 0 amide bonds. The van der Waals surface area contributed by atoms with E-state index in [1.165, 1.54) is 0 Å². The normalized spacial score (nSPS) is 36.5. The lowest BCUT2D eigenvalue weighted by Gasteiger charge is -2.30. The molecule has 2 rings (SSSR count). The molecule has 1 unspecified atom stereocenters. The molecule has 6 heteroatoms. The molecule has 0 bridgehead atoms. The summed E-state index contributed by atoms with van der Waals surface area (Å²) < 4.78 is 11.5. The van der Waals surface area contributed by atoms with Crippen molar-refractivity contribution in [3.05, 3.63) is 0 Å². The largest absolute Gasteiger partial charge is 0.481 e. The van der Waals surface area contributed by atoms with Gasteiger partial charge in [0.1, 0.15) is 6.29 Å². The zero-order valence-electron chi connectivity index (χ0n) is 12.1. The topological polar surface area (TPSA) is 93.1 Å². The summed E-state index contributed by atoms with van der Waals surface area (Å²) in [6.07, 6.45) is 3.80. The van der Waals surface area contributed by atoms with Crippen LogP contribution < -0.4 is 0 Å². The van der Waals surface area contributed by atoms with Crippen LogP contribution >= 0.6 is 0 Å². The molecule has 1 heterocycles. The summed E-state index contributed by atoms with van der Waals surface area (Å²) >= 11 is 0. The van der Waals surface area contributed by atoms with Crippen molar-refractivity contribution < 1.29 is 29.3 Å². The minimum Gasteiger partial charge on any atom is -0.481 e. The molecule has 0 aromatic carbocycles. The molecule has 0 aromatic rings. The van der Waals surface area contributed by atoms with E-state index in [4.69, 9.17) is 14.6 Å². The van der Waals surface area contributed by atoms with Crippen LogP contribution in [0.15, 0.2) is 0 Å². The molecule has 1 aliphatic heterocycles. The fourth-order valence-electron chi connectivity index (χ4n) is 3.47. The molecule has 0 aromatic heterocycles. The number of carbonyl (C=O) groups excluding carboxylic acids is 1. The molecule has 2 N–H and O–H groups in total. The van der Waals surface area contributed by atoms with E-state index in [1.54, 1.807) is 0 Å². The smallest absolute Gasteiger partial charge is 0.303 e. The average Bonchev–Trinajstić information content (AvgIpc) is 2.73. The maximum atomic E-state index is 11.0. The van der Waals surface area contributed by atoms with Crippen LogP contribution in [0.1, 0.15) is 44.9 Å². The molecule has 120 valence electrons. The van der Waals surface area contributed by atoms with Crippen LogP contribution in [-0.4, -0.2) is 47.6 Å². The minimum atomic E-state index is -0.926. The molecule has 21 heavy (non-hydrogen) atoms. The number of rotatable bonds is 7. The third-order valence-corrected chi connectivity index (χ3v) is 4.49. The van der Waals surface area contributed by atoms with Gasteiger partial charge < -0.3 is 24.5 Å². The molecule has 1 saturated heterocycles. The van der Waals surface area contributed by atoms with E-state index < -0.39 is 12.1 Å². The number of hydrogen-bond acceptors (Lipinski definition) is 5. The average molecular weight is 300 g/mol. The lowest BCUT2D eigenvalue weighted by molar-refractivity contribution is -0.196. The van der Waals surface area contributed by atoms with Crippen LogP contribution in [-0.2, 0) is 19.1 Å². The summed E-state index contributed by atoms with van der Waals surface area (Å²) in [6, 6.07) is 0. The third kappa shape index (κ3) is 4.49. The Hall–Kier alpha value is -0.980. The number of aliphatic carboxylic acids is 1. The highest BCUT2D eigenvalue weighted by Gasteiger charge is 2.44. The zero-order chi connectivity index (χ0) is 15.2. The van der Waals surface area contributed by atoms with Crippen molar-refractivity contribution in [2.45, 2.75) is 63.4 Å². The number of carbonyl (C=O) groups is 2. The summed E-state index contributed by atoms with van der Waals surface area (Å²) in [5.41, 5.74) is 0. The van der Waals surface area contributed by atoms with E-state index in [9.17, 15) is 14.7 Å². The van der Waals surface area contributed by atoms with E-state index in [-0.39, 0.29) is 30.7 Å². The van der Waals surface area contributed by atoms with Crippen LogP contribution in [0, 0.1) is 11.8 Å². The Morgan fingerprint density at radius 1 is 1.33 bits per heavy atom. The Bertz CT molecular complexity index is 352. The summed E-state index contributed by atoms with van der Waals surface area (Å²) in [4.78, 5) is 21.6. The number of hydrogen-bond donors (Lipinski definition) is 2. The lowest BCUT2D eigenvalue weighted by Crippen LogP contribution is -2.32. The van der Waals surface area contributed by atoms with Crippen molar-refractivity contribution in [2.24, 2.45) is 11.8 Å². The van der Waals surface area contributed by atoms with Gasteiger partial charge in [0.2, 0.25) is 0 Å². The Morgan fingerprint density at radius 3 is 2.76 bits per heavy atom. The Labute approximate surface area is 124 Å². The van der Waals surface area contributed by atoms with Crippen molar-refractivity contribution in [3.63, 3.8) is 0 Å². The van der Waals surface area contributed by atoms with Crippen LogP contribution in [0.3, 0.4) is 0 Å². The number of ether oxygens (including phenoxy) is 2. The van der Waals surface area contributed by atoms with Gasteiger partial charge in [-0.1, -0.05) is 0 Å². The first kappa shape index (κ1) is 16.4. The predicted molar refractivity (Wildman–Crippen MR) is 73.6 cm³/mol. The first-order valence-electron chi connectivity index (χ1n) is 7.72. The fraction of sp³-hybridized carbons (Fsp3) is 0.867. The van der Waals surface area contributed by atoms with Gasteiger partial charge in [0.25, 0.3) is 0 Å². The summed E-state index contributed by atoms with van der Waals surface area (Å²) in [6.45, 7) is 0.678. The highest BCUT2D eigenvalue weighted by molar-refractivity contribution is 5.67. The lowest BCUT2D eigenvalue weighted by atomic mass is 9.87. The molecular formula is C15H24O6. The first-order chi connectivity index (χ1) is 10.1. The van der Waals surface area contributed by atoms with Gasteiger partial charge in [-0.2, -0.15) is 0 Å². The Balaban J connectivity index is 1.99.